The summed E-state index contributed by atoms with van der Waals surface area (Å²) in [6.45, 7) is 8.06. The van der Waals surface area contributed by atoms with E-state index >= 15 is 0 Å². The fourth-order valence-electron chi connectivity index (χ4n) is 4.75. The lowest BCUT2D eigenvalue weighted by Crippen LogP contribution is -2.45. The number of carbonyl (C=O) groups is 1. The minimum Gasteiger partial charge on any atom is -0.381 e. The Morgan fingerprint density at radius 2 is 1.97 bits per heavy atom. The smallest absolute Gasteiger partial charge is 0.273 e. The summed E-state index contributed by atoms with van der Waals surface area (Å²) in [6.07, 6.45) is 3.83. The Morgan fingerprint density at radius 3 is 2.69 bits per heavy atom. The first-order chi connectivity index (χ1) is 14.1. The number of hydrogen-bond donors (Lipinski definition) is 2. The highest BCUT2D eigenvalue weighted by molar-refractivity contribution is 5.93. The van der Waals surface area contributed by atoms with Crippen LogP contribution < -0.4 is 10.6 Å². The number of rotatable bonds is 5. The average molecular weight is 398 g/mol. The second-order valence-electron chi connectivity index (χ2n) is 8.34. The van der Waals surface area contributed by atoms with Gasteiger partial charge in [0.2, 0.25) is 0 Å². The fraction of sp³-hybridized carbons (Fsp3) is 0.591. The number of nitrogens with zero attached hydrogens (tertiary/aromatic N) is 3. The molecule has 0 unspecified atom stereocenters. The van der Waals surface area contributed by atoms with Crippen LogP contribution in [0.1, 0.15) is 59.0 Å². The molecule has 156 valence electrons. The molecule has 29 heavy (non-hydrogen) atoms. The second-order valence-corrected chi connectivity index (χ2v) is 8.34. The predicted octanol–water partition coefficient (Wildman–Crippen LogP) is 2.30. The molecular weight excluding hydrogens is 366 g/mol. The Bertz CT molecular complexity index is 851. The Hall–Kier alpha value is -2.25. The molecule has 2 aliphatic heterocycles. The molecule has 7 nitrogen and oxygen atoms in total. The second kappa shape index (κ2) is 8.63. The number of aryl methyl sites for hydroxylation is 1. The Morgan fingerprint density at radius 1 is 1.24 bits per heavy atom. The highest BCUT2D eigenvalue weighted by Crippen LogP contribution is 2.36. The lowest BCUT2D eigenvalue weighted by atomic mass is 9.72. The third-order valence-electron chi connectivity index (χ3n) is 6.55. The fourth-order valence-corrected chi connectivity index (χ4v) is 4.75. The van der Waals surface area contributed by atoms with Gasteiger partial charge in [-0.3, -0.25) is 4.79 Å². The third-order valence-corrected chi connectivity index (χ3v) is 6.55. The number of benzene rings is 1. The molecule has 2 aromatic rings. The van der Waals surface area contributed by atoms with Crippen LogP contribution in [0.25, 0.3) is 0 Å². The highest BCUT2D eigenvalue weighted by atomic mass is 16.5. The molecule has 0 aliphatic carbocycles. The van der Waals surface area contributed by atoms with Crippen LogP contribution in [0.2, 0.25) is 0 Å². The van der Waals surface area contributed by atoms with Crippen molar-refractivity contribution >= 4 is 5.91 Å². The van der Waals surface area contributed by atoms with E-state index in [-0.39, 0.29) is 11.3 Å². The molecule has 1 aromatic heterocycles. The van der Waals surface area contributed by atoms with Crippen molar-refractivity contribution in [3.63, 3.8) is 0 Å². The third kappa shape index (κ3) is 4.07. The summed E-state index contributed by atoms with van der Waals surface area (Å²) in [4.78, 5) is 13.0. The summed E-state index contributed by atoms with van der Waals surface area (Å²) < 4.78 is 7.56. The van der Waals surface area contributed by atoms with Crippen molar-refractivity contribution in [2.24, 2.45) is 0 Å². The largest absolute Gasteiger partial charge is 0.381 e. The summed E-state index contributed by atoms with van der Waals surface area (Å²) in [5.74, 6) is -0.137. The molecule has 2 N–H and O–H groups in total. The molecule has 1 amide bonds. The maximum absolute atomic E-state index is 13.0. The minimum atomic E-state index is -0.137. The first-order valence-electron chi connectivity index (χ1n) is 10.7. The Balaban J connectivity index is 1.50. The van der Waals surface area contributed by atoms with Crippen LogP contribution in [0.4, 0.5) is 0 Å². The number of piperidine rings is 1. The Kier molecular flexibility index (Phi) is 5.96. The summed E-state index contributed by atoms with van der Waals surface area (Å²) in [7, 11) is 0. The van der Waals surface area contributed by atoms with Gasteiger partial charge in [0.05, 0.1) is 11.7 Å². The lowest BCUT2D eigenvalue weighted by molar-refractivity contribution is 0.0484. The number of carbonyl (C=O) groups excluding carboxylic acids is 1. The molecule has 1 aromatic carbocycles. The first kappa shape index (κ1) is 20.0. The van der Waals surface area contributed by atoms with Crippen LogP contribution in [-0.4, -0.2) is 53.7 Å². The molecule has 4 rings (SSSR count). The molecule has 7 heteroatoms. The van der Waals surface area contributed by atoms with Gasteiger partial charge in [-0.1, -0.05) is 29.5 Å². The molecule has 2 aliphatic rings. The highest BCUT2D eigenvalue weighted by Gasteiger charge is 2.36. The summed E-state index contributed by atoms with van der Waals surface area (Å²) in [5.41, 5.74) is 3.76. The van der Waals surface area contributed by atoms with Crippen LogP contribution in [0.3, 0.4) is 0 Å². The number of hydrogen-bond acceptors (Lipinski definition) is 5. The zero-order chi connectivity index (χ0) is 20.3. The molecular formula is C22H31N5O2. The lowest BCUT2D eigenvalue weighted by Gasteiger charge is -2.38. The van der Waals surface area contributed by atoms with Crippen molar-refractivity contribution < 1.29 is 9.53 Å². The standard InChI is InChI=1S/C22H31N5O2/c1-16-5-3-4-6-19(16)22(9-13-29-14-10-22)15-24-21(28)20-17(2)27(26-25-20)18-7-11-23-12-8-18/h3-6,18,23H,7-15H2,1-2H3,(H,24,28). The predicted molar refractivity (Wildman–Crippen MR) is 111 cm³/mol. The van der Waals surface area contributed by atoms with E-state index in [1.54, 1.807) is 0 Å². The van der Waals surface area contributed by atoms with Crippen molar-refractivity contribution in [2.45, 2.75) is 51.0 Å². The molecule has 0 saturated carbocycles. The maximum atomic E-state index is 13.0. The molecule has 0 radical (unpaired) electrons. The normalized spacial score (nSPS) is 19.8. The zero-order valence-electron chi connectivity index (χ0n) is 17.4. The average Bonchev–Trinajstić information content (AvgIpc) is 3.15. The van der Waals surface area contributed by atoms with Gasteiger partial charge in [0, 0.05) is 25.2 Å². The van der Waals surface area contributed by atoms with Gasteiger partial charge in [-0.25, -0.2) is 4.68 Å². The van der Waals surface area contributed by atoms with Gasteiger partial charge in [0.1, 0.15) is 0 Å². The van der Waals surface area contributed by atoms with E-state index in [0.717, 1.165) is 57.7 Å². The quantitative estimate of drug-likeness (QED) is 0.809. The molecule has 2 fully saturated rings. The van der Waals surface area contributed by atoms with E-state index in [1.165, 1.54) is 11.1 Å². The zero-order valence-corrected chi connectivity index (χ0v) is 17.4. The van der Waals surface area contributed by atoms with Gasteiger partial charge in [-0.2, -0.15) is 0 Å². The number of nitrogens with one attached hydrogen (secondary N) is 2. The summed E-state index contributed by atoms with van der Waals surface area (Å²) in [6, 6.07) is 8.79. The van der Waals surface area contributed by atoms with Crippen molar-refractivity contribution in [3.8, 4) is 0 Å². The molecule has 0 bridgehead atoms. The van der Waals surface area contributed by atoms with Crippen LogP contribution in [0.15, 0.2) is 24.3 Å². The van der Waals surface area contributed by atoms with Gasteiger partial charge in [-0.15, -0.1) is 5.10 Å². The molecule has 2 saturated heterocycles. The van der Waals surface area contributed by atoms with Gasteiger partial charge in [0.25, 0.3) is 5.91 Å². The molecule has 3 heterocycles. The van der Waals surface area contributed by atoms with Crippen LogP contribution in [-0.2, 0) is 10.2 Å². The van der Waals surface area contributed by atoms with Gasteiger partial charge in [0.15, 0.2) is 5.69 Å². The van der Waals surface area contributed by atoms with E-state index in [9.17, 15) is 4.79 Å². The van der Waals surface area contributed by atoms with Crippen molar-refractivity contribution in [2.75, 3.05) is 32.8 Å². The first-order valence-corrected chi connectivity index (χ1v) is 10.7. The topological polar surface area (TPSA) is 81.1 Å². The van der Waals surface area contributed by atoms with Crippen molar-refractivity contribution in [1.82, 2.24) is 25.6 Å². The van der Waals surface area contributed by atoms with Crippen LogP contribution >= 0.6 is 0 Å². The van der Waals surface area contributed by atoms with E-state index in [1.807, 2.05) is 11.6 Å². The van der Waals surface area contributed by atoms with Crippen molar-refractivity contribution in [3.05, 3.63) is 46.8 Å². The Labute approximate surface area is 172 Å². The van der Waals surface area contributed by atoms with Gasteiger partial charge >= 0.3 is 0 Å². The molecule has 0 spiro atoms. The summed E-state index contributed by atoms with van der Waals surface area (Å²) in [5, 5.41) is 15.1. The van der Waals surface area contributed by atoms with E-state index in [4.69, 9.17) is 4.74 Å². The SMILES string of the molecule is Cc1ccccc1C1(CNC(=O)c2nnn(C3CCNCC3)c2C)CCOCC1. The number of aromatic nitrogens is 3. The van der Waals surface area contributed by atoms with Crippen molar-refractivity contribution in [1.29, 1.82) is 0 Å². The number of amides is 1. The van der Waals surface area contributed by atoms with E-state index < -0.39 is 0 Å². The van der Waals surface area contributed by atoms with Crippen LogP contribution in [0, 0.1) is 13.8 Å². The van der Waals surface area contributed by atoms with E-state index in [0.29, 0.717) is 18.3 Å². The molecule has 0 atom stereocenters. The van der Waals surface area contributed by atoms with Gasteiger partial charge in [-0.05, 0) is 63.7 Å². The monoisotopic (exact) mass is 397 g/mol. The summed E-state index contributed by atoms with van der Waals surface area (Å²) >= 11 is 0. The van der Waals surface area contributed by atoms with E-state index in [2.05, 4.69) is 52.1 Å². The van der Waals surface area contributed by atoms with Gasteiger partial charge < -0.3 is 15.4 Å². The van der Waals surface area contributed by atoms with Crippen LogP contribution in [0.5, 0.6) is 0 Å². The number of ether oxygens (including phenoxy) is 1. The minimum absolute atomic E-state index is 0.0990. The maximum Gasteiger partial charge on any atom is 0.273 e.